The predicted molar refractivity (Wildman–Crippen MR) is 61.1 cm³/mol. The van der Waals surface area contributed by atoms with Gasteiger partial charge in [-0.05, 0) is 18.2 Å². The zero-order valence-electron chi connectivity index (χ0n) is 8.11. The molecule has 0 unspecified atom stereocenters. The summed E-state index contributed by atoms with van der Waals surface area (Å²) < 4.78 is 13.1. The highest BCUT2D eigenvalue weighted by atomic mass is 35.5. The lowest BCUT2D eigenvalue weighted by molar-refractivity contribution is 0.629. The van der Waals surface area contributed by atoms with Crippen molar-refractivity contribution in [1.29, 1.82) is 0 Å². The van der Waals surface area contributed by atoms with Crippen LogP contribution in [-0.4, -0.2) is 9.97 Å². The third-order valence-corrected chi connectivity index (χ3v) is 2.19. The predicted octanol–water partition coefficient (Wildman–Crippen LogP) is 2.59. The van der Waals surface area contributed by atoms with Gasteiger partial charge in [0.15, 0.2) is 0 Å². The first-order chi connectivity index (χ1) is 7.65. The largest absolute Gasteiger partial charge is 0.384 e. The summed E-state index contributed by atoms with van der Waals surface area (Å²) in [6.45, 7) is 0. The molecule has 0 aliphatic carbocycles. The van der Waals surface area contributed by atoms with Crippen LogP contribution < -0.4 is 11.1 Å². The van der Waals surface area contributed by atoms with Gasteiger partial charge in [-0.1, -0.05) is 11.6 Å². The van der Waals surface area contributed by atoms with E-state index in [-0.39, 0.29) is 5.02 Å². The first kappa shape index (κ1) is 10.6. The molecule has 1 aromatic heterocycles. The van der Waals surface area contributed by atoms with Gasteiger partial charge in [0.1, 0.15) is 23.8 Å². The van der Waals surface area contributed by atoms with Crippen LogP contribution in [0, 0.1) is 5.82 Å². The Morgan fingerprint density at radius 2 is 2.06 bits per heavy atom. The number of hydrogen-bond acceptors (Lipinski definition) is 4. The molecule has 0 fully saturated rings. The van der Waals surface area contributed by atoms with Crippen molar-refractivity contribution in [3.63, 3.8) is 0 Å². The van der Waals surface area contributed by atoms with Crippen LogP contribution >= 0.6 is 11.6 Å². The summed E-state index contributed by atoms with van der Waals surface area (Å²) in [5, 5.41) is 2.96. The van der Waals surface area contributed by atoms with Crippen LogP contribution in [0.4, 0.5) is 21.7 Å². The minimum Gasteiger partial charge on any atom is -0.384 e. The van der Waals surface area contributed by atoms with Crippen LogP contribution in [0.2, 0.25) is 5.02 Å². The standard InChI is InChI=1S/C10H8ClFN4/c11-7-2-1-6(3-8(7)12)16-10-4-9(13)14-5-15-10/h1-5H,(H3,13,14,15,16). The molecule has 0 radical (unpaired) electrons. The molecule has 16 heavy (non-hydrogen) atoms. The maximum atomic E-state index is 13.1. The Kier molecular flexibility index (Phi) is 2.87. The quantitative estimate of drug-likeness (QED) is 0.844. The SMILES string of the molecule is Nc1cc(Nc2ccc(Cl)c(F)c2)ncn1. The first-order valence-electron chi connectivity index (χ1n) is 4.45. The summed E-state index contributed by atoms with van der Waals surface area (Å²) in [4.78, 5) is 7.67. The molecule has 0 saturated heterocycles. The molecule has 0 amide bonds. The molecule has 0 aliphatic heterocycles. The van der Waals surface area contributed by atoms with E-state index < -0.39 is 5.82 Å². The second-order valence-corrected chi connectivity index (χ2v) is 3.49. The average molecular weight is 239 g/mol. The zero-order chi connectivity index (χ0) is 11.5. The van der Waals surface area contributed by atoms with Crippen molar-refractivity contribution in [2.24, 2.45) is 0 Å². The van der Waals surface area contributed by atoms with Crippen LogP contribution in [0.5, 0.6) is 0 Å². The van der Waals surface area contributed by atoms with Crippen molar-refractivity contribution >= 4 is 28.9 Å². The second-order valence-electron chi connectivity index (χ2n) is 3.08. The second kappa shape index (κ2) is 4.32. The van der Waals surface area contributed by atoms with Gasteiger partial charge in [-0.25, -0.2) is 14.4 Å². The van der Waals surface area contributed by atoms with Crippen molar-refractivity contribution < 1.29 is 4.39 Å². The number of rotatable bonds is 2. The number of halogens is 2. The molecule has 1 aromatic carbocycles. The fourth-order valence-electron chi connectivity index (χ4n) is 1.16. The molecule has 0 aliphatic rings. The van der Waals surface area contributed by atoms with Gasteiger partial charge < -0.3 is 11.1 Å². The van der Waals surface area contributed by atoms with E-state index in [0.717, 1.165) is 0 Å². The monoisotopic (exact) mass is 238 g/mol. The number of nitrogens with one attached hydrogen (secondary N) is 1. The highest BCUT2D eigenvalue weighted by molar-refractivity contribution is 6.30. The van der Waals surface area contributed by atoms with Gasteiger partial charge in [0, 0.05) is 11.8 Å². The Hall–Kier alpha value is -1.88. The number of nitrogens with zero attached hydrogens (tertiary/aromatic N) is 2. The Labute approximate surface area is 96.3 Å². The fourth-order valence-corrected chi connectivity index (χ4v) is 1.28. The lowest BCUT2D eigenvalue weighted by atomic mass is 10.3. The minimum atomic E-state index is -0.492. The third kappa shape index (κ3) is 2.38. The van der Waals surface area contributed by atoms with Crippen LogP contribution in [0.3, 0.4) is 0 Å². The van der Waals surface area contributed by atoms with E-state index in [9.17, 15) is 4.39 Å². The lowest BCUT2D eigenvalue weighted by Gasteiger charge is -2.05. The lowest BCUT2D eigenvalue weighted by Crippen LogP contribution is -1.97. The van der Waals surface area contributed by atoms with Gasteiger partial charge in [0.05, 0.1) is 5.02 Å². The summed E-state index contributed by atoms with van der Waals surface area (Å²) in [6, 6.07) is 5.93. The highest BCUT2D eigenvalue weighted by Crippen LogP contribution is 2.21. The molecule has 2 rings (SSSR count). The summed E-state index contributed by atoms with van der Waals surface area (Å²) in [5.74, 6) is 0.342. The topological polar surface area (TPSA) is 63.8 Å². The molecular weight excluding hydrogens is 231 g/mol. The Balaban J connectivity index is 2.24. The number of nitrogen functional groups attached to an aromatic ring is 1. The van der Waals surface area contributed by atoms with E-state index >= 15 is 0 Å². The van der Waals surface area contributed by atoms with Crippen molar-refractivity contribution in [1.82, 2.24) is 9.97 Å². The number of anilines is 3. The van der Waals surface area contributed by atoms with E-state index in [1.807, 2.05) is 0 Å². The zero-order valence-corrected chi connectivity index (χ0v) is 8.87. The van der Waals surface area contributed by atoms with Gasteiger partial charge in [-0.15, -0.1) is 0 Å². The van der Waals surface area contributed by atoms with Gasteiger partial charge in [0.25, 0.3) is 0 Å². The fraction of sp³-hybridized carbons (Fsp3) is 0. The number of aromatic nitrogens is 2. The Bertz CT molecular complexity index is 518. The van der Waals surface area contributed by atoms with Crippen LogP contribution in [0.15, 0.2) is 30.6 Å². The molecule has 82 valence electrons. The van der Waals surface area contributed by atoms with E-state index in [4.69, 9.17) is 17.3 Å². The van der Waals surface area contributed by atoms with Crippen LogP contribution in [0.1, 0.15) is 0 Å². The van der Waals surface area contributed by atoms with Crippen molar-refractivity contribution in [2.45, 2.75) is 0 Å². The van der Waals surface area contributed by atoms with E-state index in [1.54, 1.807) is 12.1 Å². The minimum absolute atomic E-state index is 0.0766. The molecule has 0 spiro atoms. The summed E-state index contributed by atoms with van der Waals surface area (Å²) in [7, 11) is 0. The number of benzene rings is 1. The molecule has 6 heteroatoms. The van der Waals surface area contributed by atoms with Gasteiger partial charge >= 0.3 is 0 Å². The average Bonchev–Trinajstić information content (AvgIpc) is 2.24. The molecule has 4 nitrogen and oxygen atoms in total. The first-order valence-corrected chi connectivity index (χ1v) is 4.82. The van der Waals surface area contributed by atoms with Crippen molar-refractivity contribution in [2.75, 3.05) is 11.1 Å². The van der Waals surface area contributed by atoms with Gasteiger partial charge in [0.2, 0.25) is 0 Å². The van der Waals surface area contributed by atoms with E-state index in [2.05, 4.69) is 15.3 Å². The molecular formula is C10H8ClFN4. The maximum absolute atomic E-state index is 13.1. The van der Waals surface area contributed by atoms with E-state index in [1.165, 1.54) is 18.5 Å². The number of hydrogen-bond donors (Lipinski definition) is 2. The Morgan fingerprint density at radius 3 is 2.75 bits per heavy atom. The number of nitrogens with two attached hydrogens (primary N) is 1. The van der Waals surface area contributed by atoms with Gasteiger partial charge in [-0.2, -0.15) is 0 Å². The van der Waals surface area contributed by atoms with Gasteiger partial charge in [-0.3, -0.25) is 0 Å². The van der Waals surface area contributed by atoms with Crippen molar-refractivity contribution in [3.8, 4) is 0 Å². The molecule has 3 N–H and O–H groups in total. The van der Waals surface area contributed by atoms with Crippen molar-refractivity contribution in [3.05, 3.63) is 41.4 Å². The summed E-state index contributed by atoms with van der Waals surface area (Å²) >= 11 is 5.56. The molecule has 0 bridgehead atoms. The molecule has 0 saturated carbocycles. The van der Waals surface area contributed by atoms with Crippen LogP contribution in [-0.2, 0) is 0 Å². The van der Waals surface area contributed by atoms with E-state index in [0.29, 0.717) is 17.3 Å². The molecule has 2 aromatic rings. The molecule has 0 atom stereocenters. The highest BCUT2D eigenvalue weighted by Gasteiger charge is 2.02. The Morgan fingerprint density at radius 1 is 1.25 bits per heavy atom. The molecule has 1 heterocycles. The summed E-state index contributed by atoms with van der Waals surface area (Å²) in [5.41, 5.74) is 6.02. The third-order valence-electron chi connectivity index (χ3n) is 1.88. The normalized spacial score (nSPS) is 10.1. The van der Waals surface area contributed by atoms with Crippen LogP contribution in [0.25, 0.3) is 0 Å². The summed E-state index contributed by atoms with van der Waals surface area (Å²) in [6.07, 6.45) is 1.32. The maximum Gasteiger partial charge on any atom is 0.143 e. The smallest absolute Gasteiger partial charge is 0.143 e.